The lowest BCUT2D eigenvalue weighted by atomic mass is 9.89. The molecule has 3 amide bonds. The minimum Gasteiger partial charge on any atom is -0.508 e. The molecule has 0 saturated carbocycles. The van der Waals surface area contributed by atoms with Crippen molar-refractivity contribution in [2.45, 2.75) is 18.5 Å². The molecule has 8 nitrogen and oxygen atoms in total. The average molecular weight is 487 g/mol. The van der Waals surface area contributed by atoms with Crippen molar-refractivity contribution in [1.82, 2.24) is 20.1 Å². The van der Waals surface area contributed by atoms with Crippen molar-refractivity contribution >= 4 is 34.4 Å². The van der Waals surface area contributed by atoms with Gasteiger partial charge in [0.2, 0.25) is 0 Å². The second kappa shape index (κ2) is 8.90. The number of phenolic OH excluding ortho intramolecular Hbond substituents is 1. The van der Waals surface area contributed by atoms with Crippen LogP contribution in [0.5, 0.6) is 5.75 Å². The first kappa shape index (κ1) is 22.6. The molecule has 0 radical (unpaired) electrons. The van der Waals surface area contributed by atoms with Gasteiger partial charge >= 0.3 is 6.03 Å². The van der Waals surface area contributed by atoms with Crippen molar-refractivity contribution in [3.8, 4) is 5.75 Å². The van der Waals surface area contributed by atoms with E-state index in [0.717, 1.165) is 5.56 Å². The van der Waals surface area contributed by atoms with Gasteiger partial charge in [-0.1, -0.05) is 23.7 Å². The first-order chi connectivity index (χ1) is 16.4. The van der Waals surface area contributed by atoms with Gasteiger partial charge in [-0.25, -0.2) is 9.18 Å². The molecule has 1 aromatic heterocycles. The molecular formula is C24H24ClFN4O4. The van der Waals surface area contributed by atoms with E-state index in [9.17, 15) is 19.1 Å². The molecule has 1 fully saturated rings. The van der Waals surface area contributed by atoms with Gasteiger partial charge < -0.3 is 20.1 Å². The summed E-state index contributed by atoms with van der Waals surface area (Å²) in [7, 11) is 1.61. The van der Waals surface area contributed by atoms with Crippen molar-refractivity contribution in [2.24, 2.45) is 0 Å². The van der Waals surface area contributed by atoms with Crippen LogP contribution in [0.3, 0.4) is 0 Å². The number of carbonyl (C=O) groups excluding carboxylic acids is 2. The van der Waals surface area contributed by atoms with Crippen LogP contribution in [0.25, 0.3) is 10.9 Å². The Morgan fingerprint density at radius 3 is 2.85 bits per heavy atom. The molecule has 2 aliphatic heterocycles. The van der Waals surface area contributed by atoms with Crippen LogP contribution in [0.4, 0.5) is 9.18 Å². The number of methoxy groups -OCH3 is 1. The number of ether oxygens (including phenoxy) is 1. The van der Waals surface area contributed by atoms with E-state index in [1.54, 1.807) is 42.3 Å². The number of phenols is 1. The Balaban J connectivity index is 1.57. The van der Waals surface area contributed by atoms with E-state index in [1.807, 2.05) is 0 Å². The van der Waals surface area contributed by atoms with E-state index in [-0.39, 0.29) is 29.6 Å². The third-order valence-electron chi connectivity index (χ3n) is 6.45. The normalized spacial score (nSPS) is 19.7. The molecule has 0 spiro atoms. The topological polar surface area (TPSA) is 97.9 Å². The monoisotopic (exact) mass is 486 g/mol. The summed E-state index contributed by atoms with van der Waals surface area (Å²) in [6.07, 6.45) is 0.283. The molecule has 10 heteroatoms. The summed E-state index contributed by atoms with van der Waals surface area (Å²) in [4.78, 5) is 32.9. The van der Waals surface area contributed by atoms with E-state index in [2.05, 4.69) is 10.3 Å². The van der Waals surface area contributed by atoms with E-state index < -0.39 is 23.9 Å². The number of fused-ring (bicyclic) bond motifs is 4. The van der Waals surface area contributed by atoms with Gasteiger partial charge in [0, 0.05) is 49.8 Å². The summed E-state index contributed by atoms with van der Waals surface area (Å²) in [6, 6.07) is 7.70. The molecule has 0 bridgehead atoms. The maximum atomic E-state index is 14.2. The molecule has 178 valence electrons. The second-order valence-corrected chi connectivity index (χ2v) is 8.88. The van der Waals surface area contributed by atoms with Crippen LogP contribution in [0, 0.1) is 5.82 Å². The van der Waals surface area contributed by atoms with Gasteiger partial charge in [0.15, 0.2) is 0 Å². The highest BCUT2D eigenvalue weighted by atomic mass is 35.5. The van der Waals surface area contributed by atoms with E-state index in [4.69, 9.17) is 16.3 Å². The lowest BCUT2D eigenvalue weighted by Gasteiger charge is -2.36. The number of imide groups is 1. The smallest absolute Gasteiger partial charge is 0.328 e. The number of amides is 3. The minimum atomic E-state index is -0.714. The number of nitrogens with one attached hydrogen (secondary N) is 2. The molecular weight excluding hydrogens is 463 g/mol. The zero-order valence-electron chi connectivity index (χ0n) is 18.5. The molecule has 34 heavy (non-hydrogen) atoms. The van der Waals surface area contributed by atoms with Gasteiger partial charge in [-0.2, -0.15) is 0 Å². The maximum Gasteiger partial charge on any atom is 0.328 e. The van der Waals surface area contributed by atoms with Crippen LogP contribution in [-0.2, 0) is 16.0 Å². The molecule has 1 unspecified atom stereocenters. The molecule has 1 saturated heterocycles. The molecule has 3 heterocycles. The first-order valence-corrected chi connectivity index (χ1v) is 11.4. The third-order valence-corrected chi connectivity index (χ3v) is 6.74. The number of rotatable bonds is 7. The molecule has 3 aromatic rings. The second-order valence-electron chi connectivity index (χ2n) is 8.47. The summed E-state index contributed by atoms with van der Waals surface area (Å²) in [5, 5.41) is 14.0. The summed E-state index contributed by atoms with van der Waals surface area (Å²) in [5.74, 6) is -0.790. The van der Waals surface area contributed by atoms with Crippen molar-refractivity contribution < 1.29 is 23.8 Å². The van der Waals surface area contributed by atoms with Gasteiger partial charge in [0.05, 0.1) is 11.6 Å². The summed E-state index contributed by atoms with van der Waals surface area (Å²) in [5.41, 5.74) is 2.68. The number of carbonyl (C=O) groups is 2. The van der Waals surface area contributed by atoms with E-state index in [1.165, 1.54) is 11.0 Å². The Morgan fingerprint density at radius 2 is 2.09 bits per heavy atom. The van der Waals surface area contributed by atoms with Gasteiger partial charge in [0.1, 0.15) is 23.7 Å². The highest BCUT2D eigenvalue weighted by Gasteiger charge is 2.52. The Labute approximate surface area is 200 Å². The van der Waals surface area contributed by atoms with Crippen molar-refractivity contribution in [1.29, 1.82) is 0 Å². The van der Waals surface area contributed by atoms with Crippen molar-refractivity contribution in [3.05, 3.63) is 64.1 Å². The van der Waals surface area contributed by atoms with Crippen LogP contribution >= 0.6 is 11.6 Å². The average Bonchev–Trinajstić information content (AvgIpc) is 3.27. The Kier molecular flexibility index (Phi) is 5.93. The number of hydrogen-bond acceptors (Lipinski definition) is 5. The molecule has 2 atom stereocenters. The fourth-order valence-electron chi connectivity index (χ4n) is 4.91. The summed E-state index contributed by atoms with van der Waals surface area (Å²) in [6.45, 7) is 1.81. The fraction of sp³-hybridized carbons (Fsp3) is 0.333. The SMILES string of the molecule is COCCNCCN1C(=O)[C@@H]2Cc3c([nH]c4cc(F)c(Cl)cc34)C(c3cccc(O)c3)N2C1=O. The number of benzene rings is 2. The maximum absolute atomic E-state index is 14.2. The lowest BCUT2D eigenvalue weighted by Crippen LogP contribution is -2.44. The predicted octanol–water partition coefficient (Wildman–Crippen LogP) is 3.18. The Bertz CT molecular complexity index is 1280. The first-order valence-electron chi connectivity index (χ1n) is 11.0. The number of H-pyrrole nitrogens is 1. The van der Waals surface area contributed by atoms with Gasteiger partial charge in [-0.3, -0.25) is 14.6 Å². The number of urea groups is 1. The lowest BCUT2D eigenvalue weighted by molar-refractivity contribution is -0.128. The van der Waals surface area contributed by atoms with Crippen LogP contribution in [-0.4, -0.2) is 71.2 Å². The number of aromatic hydroxyl groups is 1. The number of aromatic nitrogens is 1. The van der Waals surface area contributed by atoms with E-state index in [0.29, 0.717) is 41.9 Å². The summed E-state index contributed by atoms with van der Waals surface area (Å²) < 4.78 is 19.2. The van der Waals surface area contributed by atoms with E-state index >= 15 is 0 Å². The quantitative estimate of drug-likeness (QED) is 0.352. The van der Waals surface area contributed by atoms with Gasteiger partial charge in [-0.15, -0.1) is 0 Å². The Hall–Kier alpha value is -3.14. The van der Waals surface area contributed by atoms with Crippen LogP contribution < -0.4 is 5.32 Å². The van der Waals surface area contributed by atoms with Crippen molar-refractivity contribution in [3.63, 3.8) is 0 Å². The van der Waals surface area contributed by atoms with Crippen molar-refractivity contribution in [2.75, 3.05) is 33.4 Å². The number of hydrogen-bond donors (Lipinski definition) is 3. The van der Waals surface area contributed by atoms with Gasteiger partial charge in [-0.05, 0) is 35.4 Å². The predicted molar refractivity (Wildman–Crippen MR) is 124 cm³/mol. The molecule has 0 aliphatic carbocycles. The fourth-order valence-corrected chi connectivity index (χ4v) is 5.07. The third kappa shape index (κ3) is 3.70. The zero-order valence-corrected chi connectivity index (χ0v) is 19.2. The highest BCUT2D eigenvalue weighted by molar-refractivity contribution is 6.31. The number of halogens is 2. The largest absolute Gasteiger partial charge is 0.508 e. The highest BCUT2D eigenvalue weighted by Crippen LogP contribution is 2.45. The molecule has 5 rings (SSSR count). The zero-order chi connectivity index (χ0) is 24.0. The van der Waals surface area contributed by atoms with Crippen LogP contribution in [0.2, 0.25) is 5.02 Å². The summed E-state index contributed by atoms with van der Waals surface area (Å²) >= 11 is 6.06. The Morgan fingerprint density at radius 1 is 1.26 bits per heavy atom. The number of nitrogens with zero attached hydrogens (tertiary/aromatic N) is 2. The molecule has 3 N–H and O–H groups in total. The minimum absolute atomic E-state index is 0.0109. The van der Waals surface area contributed by atoms with Gasteiger partial charge in [0.25, 0.3) is 5.91 Å². The molecule has 2 aromatic carbocycles. The van der Waals surface area contributed by atoms with Crippen LogP contribution in [0.15, 0.2) is 36.4 Å². The molecule has 2 aliphatic rings. The number of aromatic amines is 1. The van der Waals surface area contributed by atoms with Crippen LogP contribution in [0.1, 0.15) is 22.9 Å². The standard InChI is InChI=1S/C24H24ClFN4O4/c1-34-8-6-27-5-7-29-23(32)20-11-16-15-10-17(25)18(26)12-19(15)28-21(16)22(30(20)24(29)33)13-3-2-4-14(31)9-13/h2-4,9-10,12,20,22,27-28,31H,5-8,11H2,1H3/t20-,22?/m0/s1.